The summed E-state index contributed by atoms with van der Waals surface area (Å²) in [7, 11) is 0. The van der Waals surface area contributed by atoms with Crippen LogP contribution in [0.1, 0.15) is 11.1 Å². The van der Waals surface area contributed by atoms with E-state index >= 15 is 0 Å². The van der Waals surface area contributed by atoms with E-state index in [1.807, 2.05) is 26.0 Å². The second kappa shape index (κ2) is 2.89. The van der Waals surface area contributed by atoms with Crippen LogP contribution in [-0.2, 0) is 0 Å². The zero-order valence-corrected chi connectivity index (χ0v) is 7.84. The van der Waals surface area contributed by atoms with Crippen molar-refractivity contribution in [2.75, 3.05) is 0 Å². The SMILES string of the molecule is Cc1cc(S)c(C)c(S)c1. The Bertz CT molecular complexity index is 230. The second-order valence-electron chi connectivity index (χ2n) is 2.43. The maximum atomic E-state index is 4.29. The van der Waals surface area contributed by atoms with E-state index in [0.717, 1.165) is 15.4 Å². The van der Waals surface area contributed by atoms with E-state index in [9.17, 15) is 0 Å². The van der Waals surface area contributed by atoms with Crippen molar-refractivity contribution < 1.29 is 0 Å². The molecule has 0 unspecified atom stereocenters. The molecular formula is C8H10S2. The zero-order chi connectivity index (χ0) is 7.72. The molecule has 0 aliphatic rings. The lowest BCUT2D eigenvalue weighted by molar-refractivity contribution is 1.17. The fourth-order valence-corrected chi connectivity index (χ4v) is 1.56. The molecule has 0 N–H and O–H groups in total. The minimum Gasteiger partial charge on any atom is -0.143 e. The molecular weight excluding hydrogens is 160 g/mol. The van der Waals surface area contributed by atoms with E-state index in [-0.39, 0.29) is 0 Å². The molecule has 0 heterocycles. The third-order valence-electron chi connectivity index (χ3n) is 1.50. The van der Waals surface area contributed by atoms with Crippen LogP contribution in [-0.4, -0.2) is 0 Å². The first-order valence-electron chi connectivity index (χ1n) is 3.10. The van der Waals surface area contributed by atoms with Crippen LogP contribution >= 0.6 is 25.3 Å². The van der Waals surface area contributed by atoms with Gasteiger partial charge in [-0.3, -0.25) is 0 Å². The summed E-state index contributed by atoms with van der Waals surface area (Å²) in [5, 5.41) is 0. The average Bonchev–Trinajstić information content (AvgIpc) is 1.82. The smallest absolute Gasteiger partial charge is 0.00829 e. The Morgan fingerprint density at radius 1 is 1.00 bits per heavy atom. The van der Waals surface area contributed by atoms with Gasteiger partial charge in [-0.05, 0) is 37.1 Å². The molecule has 0 saturated heterocycles. The van der Waals surface area contributed by atoms with Crippen molar-refractivity contribution in [1.29, 1.82) is 0 Å². The normalized spacial score (nSPS) is 10.0. The van der Waals surface area contributed by atoms with Gasteiger partial charge in [-0.2, -0.15) is 0 Å². The highest BCUT2D eigenvalue weighted by Gasteiger charge is 1.97. The van der Waals surface area contributed by atoms with Crippen molar-refractivity contribution in [3.8, 4) is 0 Å². The summed E-state index contributed by atoms with van der Waals surface area (Å²) in [6.45, 7) is 4.06. The molecule has 0 fully saturated rings. The van der Waals surface area contributed by atoms with Crippen molar-refractivity contribution in [3.63, 3.8) is 0 Å². The lowest BCUT2D eigenvalue weighted by Gasteiger charge is -2.03. The van der Waals surface area contributed by atoms with E-state index in [1.165, 1.54) is 5.56 Å². The molecule has 0 amide bonds. The molecule has 0 spiro atoms. The molecule has 54 valence electrons. The maximum absolute atomic E-state index is 4.29. The number of rotatable bonds is 0. The third kappa shape index (κ3) is 1.50. The van der Waals surface area contributed by atoms with Gasteiger partial charge in [-0.15, -0.1) is 25.3 Å². The van der Waals surface area contributed by atoms with Gasteiger partial charge in [0.15, 0.2) is 0 Å². The van der Waals surface area contributed by atoms with Crippen molar-refractivity contribution >= 4 is 25.3 Å². The van der Waals surface area contributed by atoms with Crippen molar-refractivity contribution in [2.24, 2.45) is 0 Å². The first-order chi connectivity index (χ1) is 4.61. The summed E-state index contributed by atoms with van der Waals surface area (Å²) in [6.07, 6.45) is 0. The van der Waals surface area contributed by atoms with Crippen molar-refractivity contribution in [1.82, 2.24) is 0 Å². The number of hydrogen-bond donors (Lipinski definition) is 2. The predicted molar refractivity (Wildman–Crippen MR) is 50.4 cm³/mol. The first-order valence-corrected chi connectivity index (χ1v) is 4.00. The second-order valence-corrected chi connectivity index (χ2v) is 3.39. The molecule has 0 aliphatic carbocycles. The van der Waals surface area contributed by atoms with Gasteiger partial charge < -0.3 is 0 Å². The van der Waals surface area contributed by atoms with Crippen molar-refractivity contribution in [3.05, 3.63) is 23.3 Å². The van der Waals surface area contributed by atoms with Gasteiger partial charge >= 0.3 is 0 Å². The third-order valence-corrected chi connectivity index (χ3v) is 2.43. The Balaban J connectivity index is 3.31. The van der Waals surface area contributed by atoms with Gasteiger partial charge in [0, 0.05) is 9.79 Å². The highest BCUT2D eigenvalue weighted by molar-refractivity contribution is 7.81. The van der Waals surface area contributed by atoms with Crippen molar-refractivity contribution in [2.45, 2.75) is 23.6 Å². The Kier molecular flexibility index (Phi) is 2.32. The number of thiol groups is 2. The number of benzene rings is 1. The lowest BCUT2D eigenvalue weighted by atomic mass is 10.2. The molecule has 1 aromatic rings. The lowest BCUT2D eigenvalue weighted by Crippen LogP contribution is -1.81. The maximum Gasteiger partial charge on any atom is 0.00829 e. The molecule has 0 radical (unpaired) electrons. The summed E-state index contributed by atoms with van der Waals surface area (Å²) < 4.78 is 0. The molecule has 0 aromatic heterocycles. The average molecular weight is 170 g/mol. The Hall–Kier alpha value is -0.0800. The van der Waals surface area contributed by atoms with Gasteiger partial charge in [-0.1, -0.05) is 0 Å². The molecule has 0 bridgehead atoms. The number of aryl methyl sites for hydroxylation is 1. The summed E-state index contributed by atoms with van der Waals surface area (Å²) in [6, 6.07) is 4.08. The van der Waals surface area contributed by atoms with E-state index < -0.39 is 0 Å². The van der Waals surface area contributed by atoms with E-state index in [4.69, 9.17) is 0 Å². The molecule has 2 heteroatoms. The Morgan fingerprint density at radius 2 is 1.40 bits per heavy atom. The van der Waals surface area contributed by atoms with E-state index in [0.29, 0.717) is 0 Å². The largest absolute Gasteiger partial charge is 0.143 e. The molecule has 0 saturated carbocycles. The molecule has 1 aromatic carbocycles. The zero-order valence-electron chi connectivity index (χ0n) is 6.05. The van der Waals surface area contributed by atoms with Gasteiger partial charge in [0.05, 0.1) is 0 Å². The van der Waals surface area contributed by atoms with Gasteiger partial charge in [0.25, 0.3) is 0 Å². The molecule has 10 heavy (non-hydrogen) atoms. The Labute approximate surface area is 72.5 Å². The monoisotopic (exact) mass is 170 g/mol. The molecule has 0 aliphatic heterocycles. The fourth-order valence-electron chi connectivity index (χ4n) is 0.821. The summed E-state index contributed by atoms with van der Waals surface area (Å²) in [5.74, 6) is 0. The molecule has 0 nitrogen and oxygen atoms in total. The van der Waals surface area contributed by atoms with Crippen LogP contribution in [0, 0.1) is 13.8 Å². The van der Waals surface area contributed by atoms with Crippen LogP contribution in [0.25, 0.3) is 0 Å². The van der Waals surface area contributed by atoms with E-state index in [1.54, 1.807) is 0 Å². The summed E-state index contributed by atoms with van der Waals surface area (Å²) in [4.78, 5) is 2.04. The summed E-state index contributed by atoms with van der Waals surface area (Å²) >= 11 is 8.58. The highest BCUT2D eigenvalue weighted by atomic mass is 32.1. The van der Waals surface area contributed by atoms with Gasteiger partial charge in [0.1, 0.15) is 0 Å². The fraction of sp³-hybridized carbons (Fsp3) is 0.250. The Morgan fingerprint density at radius 3 is 1.80 bits per heavy atom. The van der Waals surface area contributed by atoms with E-state index in [2.05, 4.69) is 25.3 Å². The predicted octanol–water partition coefficient (Wildman–Crippen LogP) is 2.88. The number of hydrogen-bond acceptors (Lipinski definition) is 2. The van der Waals surface area contributed by atoms with Crippen LogP contribution in [0.3, 0.4) is 0 Å². The first kappa shape index (κ1) is 8.02. The highest BCUT2D eigenvalue weighted by Crippen LogP contribution is 2.21. The quantitative estimate of drug-likeness (QED) is 0.550. The standard InChI is InChI=1S/C8H10S2/c1-5-3-7(9)6(2)8(10)4-5/h3-4,9-10H,1-2H3. The minimum absolute atomic E-state index is 1.02. The molecule has 0 atom stereocenters. The van der Waals surface area contributed by atoms with Crippen LogP contribution in [0.5, 0.6) is 0 Å². The van der Waals surface area contributed by atoms with Crippen LogP contribution < -0.4 is 0 Å². The van der Waals surface area contributed by atoms with Crippen LogP contribution in [0.4, 0.5) is 0 Å². The van der Waals surface area contributed by atoms with Gasteiger partial charge in [-0.25, -0.2) is 0 Å². The topological polar surface area (TPSA) is 0 Å². The molecule has 1 rings (SSSR count). The summed E-state index contributed by atoms with van der Waals surface area (Å²) in [5.41, 5.74) is 2.36. The van der Waals surface area contributed by atoms with Gasteiger partial charge in [0.2, 0.25) is 0 Å². The minimum atomic E-state index is 1.02. The van der Waals surface area contributed by atoms with Crippen LogP contribution in [0.15, 0.2) is 21.9 Å². The van der Waals surface area contributed by atoms with Crippen LogP contribution in [0.2, 0.25) is 0 Å².